The minimum Gasteiger partial charge on any atom is -0.461 e. The van der Waals surface area contributed by atoms with Crippen LogP contribution in [0.3, 0.4) is 0 Å². The van der Waals surface area contributed by atoms with Crippen LogP contribution in [-0.2, 0) is 9.53 Å². The summed E-state index contributed by atoms with van der Waals surface area (Å²) in [6.45, 7) is 20.8. The number of aromatic nitrogens is 2. The number of hydrogen-bond acceptors (Lipinski definition) is 5. The minimum absolute atomic E-state index is 0.0978. The zero-order chi connectivity index (χ0) is 30.5. The van der Waals surface area contributed by atoms with E-state index in [1.165, 1.54) is 12.0 Å². The Kier molecular flexibility index (Phi) is 6.84. The third kappa shape index (κ3) is 3.74. The van der Waals surface area contributed by atoms with Crippen LogP contribution in [0.2, 0.25) is 0 Å². The molecule has 0 bridgehead atoms. The number of aromatic amines is 1. The van der Waals surface area contributed by atoms with Crippen molar-refractivity contribution in [2.45, 2.75) is 113 Å². The van der Waals surface area contributed by atoms with E-state index in [1.54, 1.807) is 13.0 Å². The van der Waals surface area contributed by atoms with Gasteiger partial charge >= 0.3 is 5.97 Å². The van der Waals surface area contributed by atoms with E-state index in [9.17, 15) is 14.4 Å². The van der Waals surface area contributed by atoms with Gasteiger partial charge < -0.3 is 4.74 Å². The Morgan fingerprint density at radius 3 is 2.40 bits per heavy atom. The highest BCUT2D eigenvalue weighted by Gasteiger charge is 2.72. The fourth-order valence-electron chi connectivity index (χ4n) is 12.3. The smallest absolute Gasteiger partial charge is 0.356 e. The van der Waals surface area contributed by atoms with Crippen molar-refractivity contribution in [2.75, 3.05) is 6.61 Å². The van der Waals surface area contributed by atoms with Crippen LogP contribution in [0.25, 0.3) is 0 Å². The van der Waals surface area contributed by atoms with E-state index in [-0.39, 0.29) is 45.7 Å². The second-order valence-electron chi connectivity index (χ2n) is 16.2. The zero-order valence-corrected chi connectivity index (χ0v) is 27.0. The van der Waals surface area contributed by atoms with Crippen LogP contribution in [-0.4, -0.2) is 34.3 Å². The molecule has 1 aromatic heterocycles. The van der Waals surface area contributed by atoms with Crippen LogP contribution in [0.4, 0.5) is 0 Å². The molecule has 0 amide bonds. The molecule has 5 saturated carbocycles. The Balaban J connectivity index is 1.38. The molecule has 0 unspecified atom stereocenters. The number of rotatable bonds is 5. The number of Topliss-reactive ketones (excluding diaryl/α,β-unsaturated/α-hetero) is 2. The van der Waals surface area contributed by atoms with Gasteiger partial charge in [-0.3, -0.25) is 14.7 Å². The van der Waals surface area contributed by atoms with Crippen molar-refractivity contribution in [3.05, 3.63) is 29.6 Å². The molecular formula is C36H52N2O4. The molecule has 0 radical (unpaired) electrons. The molecule has 0 aliphatic heterocycles. The number of esters is 1. The number of carbonyl (C=O) groups is 3. The number of H-pyrrole nitrogens is 1. The van der Waals surface area contributed by atoms with Gasteiger partial charge in [-0.05, 0) is 117 Å². The van der Waals surface area contributed by atoms with E-state index in [4.69, 9.17) is 4.74 Å². The number of allylic oxidation sites excluding steroid dienone is 1. The predicted molar refractivity (Wildman–Crippen MR) is 163 cm³/mol. The van der Waals surface area contributed by atoms with Gasteiger partial charge in [-0.1, -0.05) is 46.8 Å². The number of fused-ring (bicyclic) bond motifs is 7. The molecule has 6 nitrogen and oxygen atoms in total. The lowest BCUT2D eigenvalue weighted by atomic mass is 9.32. The van der Waals surface area contributed by atoms with Crippen LogP contribution >= 0.6 is 0 Å². The first-order valence-corrected chi connectivity index (χ1v) is 16.6. The lowest BCUT2D eigenvalue weighted by molar-refractivity contribution is -0.230. The number of nitrogens with zero attached hydrogens (tertiary/aromatic N) is 1. The Bertz CT molecular complexity index is 1330. The van der Waals surface area contributed by atoms with Gasteiger partial charge in [0.25, 0.3) is 0 Å². The molecule has 6 heteroatoms. The fraction of sp³-hybridized carbons (Fsp3) is 0.778. The number of hydrogen-bond donors (Lipinski definition) is 1. The van der Waals surface area contributed by atoms with Crippen molar-refractivity contribution in [3.8, 4) is 0 Å². The van der Waals surface area contributed by atoms with Gasteiger partial charge in [-0.2, -0.15) is 5.10 Å². The molecule has 1 aromatic rings. The van der Waals surface area contributed by atoms with E-state index >= 15 is 0 Å². The van der Waals surface area contributed by atoms with Crippen molar-refractivity contribution in [3.63, 3.8) is 0 Å². The molecule has 1 N–H and O–H groups in total. The Morgan fingerprint density at radius 2 is 1.71 bits per heavy atom. The molecule has 5 aliphatic carbocycles. The lowest BCUT2D eigenvalue weighted by Crippen LogP contribution is -2.66. The maximum Gasteiger partial charge on any atom is 0.356 e. The van der Waals surface area contributed by atoms with Gasteiger partial charge in [0.05, 0.1) is 6.61 Å². The maximum atomic E-state index is 14.6. The van der Waals surface area contributed by atoms with Crippen LogP contribution < -0.4 is 0 Å². The summed E-state index contributed by atoms with van der Waals surface area (Å²) in [6.07, 6.45) is 10.1. The second-order valence-corrected chi connectivity index (χ2v) is 16.2. The molecule has 1 heterocycles. The summed E-state index contributed by atoms with van der Waals surface area (Å²) in [5.74, 6) is 2.10. The fourth-order valence-corrected chi connectivity index (χ4v) is 12.3. The normalized spacial score (nSPS) is 43.9. The van der Waals surface area contributed by atoms with E-state index in [0.717, 1.165) is 51.4 Å². The lowest BCUT2D eigenvalue weighted by Gasteiger charge is -2.72. The van der Waals surface area contributed by atoms with Gasteiger partial charge in [-0.25, -0.2) is 4.79 Å². The van der Waals surface area contributed by atoms with Gasteiger partial charge in [0.1, 0.15) is 17.2 Å². The van der Waals surface area contributed by atoms with Crippen molar-refractivity contribution < 1.29 is 19.1 Å². The molecular weight excluding hydrogens is 524 g/mol. The standard InChI is InChI=1S/C36H52N2O4/c1-9-42-31(41)25-20-24(37-38-25)30(40)36-17-12-22(21(2)3)29(36)23-10-11-27-33(6)15-14-28(39)32(4,5)26(33)13-16-35(27,8)34(23,7)18-19-36/h20,22-23,26-27,29H,2,9-19H2,1,3-8H3,(H,37,38)/t22-,23+,26-,27+,29+,33-,34+,35+,36-/m0/s1. The number of nitrogens with one attached hydrogen (secondary N) is 1. The third-order valence-electron chi connectivity index (χ3n) is 14.6. The Hall–Kier alpha value is -2.24. The molecule has 0 spiro atoms. The van der Waals surface area contributed by atoms with Crippen molar-refractivity contribution >= 4 is 17.5 Å². The van der Waals surface area contributed by atoms with Crippen LogP contribution in [0.1, 0.15) is 134 Å². The Morgan fingerprint density at radius 1 is 0.976 bits per heavy atom. The monoisotopic (exact) mass is 576 g/mol. The molecule has 0 aromatic carbocycles. The number of ether oxygens (including phenoxy) is 1. The summed E-state index contributed by atoms with van der Waals surface area (Å²) in [5, 5.41) is 7.15. The first-order valence-electron chi connectivity index (χ1n) is 16.6. The van der Waals surface area contributed by atoms with Gasteiger partial charge in [-0.15, -0.1) is 0 Å². The zero-order valence-electron chi connectivity index (χ0n) is 27.0. The maximum absolute atomic E-state index is 14.6. The summed E-state index contributed by atoms with van der Waals surface area (Å²) in [7, 11) is 0. The van der Waals surface area contributed by atoms with E-state index in [0.29, 0.717) is 41.6 Å². The van der Waals surface area contributed by atoms with E-state index in [1.807, 2.05) is 0 Å². The molecule has 230 valence electrons. The quantitative estimate of drug-likeness (QED) is 0.218. The molecule has 6 rings (SSSR count). The second kappa shape index (κ2) is 9.63. The molecule has 0 saturated heterocycles. The molecule has 42 heavy (non-hydrogen) atoms. The summed E-state index contributed by atoms with van der Waals surface area (Å²) in [4.78, 5) is 40.0. The van der Waals surface area contributed by atoms with Crippen LogP contribution in [0, 0.1) is 56.7 Å². The minimum atomic E-state index is -0.474. The topological polar surface area (TPSA) is 89.1 Å². The van der Waals surface area contributed by atoms with Crippen LogP contribution in [0.5, 0.6) is 0 Å². The Labute approximate surface area is 252 Å². The van der Waals surface area contributed by atoms with E-state index in [2.05, 4.69) is 58.3 Å². The average Bonchev–Trinajstić information content (AvgIpc) is 3.58. The predicted octanol–water partition coefficient (Wildman–Crippen LogP) is 8.00. The third-order valence-corrected chi connectivity index (χ3v) is 14.6. The summed E-state index contributed by atoms with van der Waals surface area (Å²) >= 11 is 0. The highest BCUT2D eigenvalue weighted by atomic mass is 16.5. The number of carbonyl (C=O) groups excluding carboxylic acids is 3. The largest absolute Gasteiger partial charge is 0.461 e. The van der Waals surface area contributed by atoms with Crippen molar-refractivity contribution in [2.24, 2.45) is 56.7 Å². The molecule has 5 aliphatic rings. The summed E-state index contributed by atoms with van der Waals surface area (Å²) in [5.41, 5.74) is 1.54. The van der Waals surface area contributed by atoms with Gasteiger partial charge in [0.15, 0.2) is 5.78 Å². The molecule has 5 fully saturated rings. The average molecular weight is 577 g/mol. The highest BCUT2D eigenvalue weighted by molar-refractivity contribution is 6.01. The van der Waals surface area contributed by atoms with Gasteiger partial charge in [0.2, 0.25) is 0 Å². The van der Waals surface area contributed by atoms with Crippen LogP contribution in [0.15, 0.2) is 18.2 Å². The van der Waals surface area contributed by atoms with E-state index < -0.39 is 11.4 Å². The SMILES string of the molecule is C=C(C)[C@@H]1CC[C@]2(C(=O)c3cc(C(=O)OCC)[nH]n3)CC[C@]3(C)[C@H](CC[C@@H]4[C@@]5(C)CCC(=O)C(C)(C)[C@@H]5CC[C@]43C)[C@@H]12. The summed E-state index contributed by atoms with van der Waals surface area (Å²) in [6, 6.07) is 1.61. The van der Waals surface area contributed by atoms with Crippen molar-refractivity contribution in [1.82, 2.24) is 10.2 Å². The first-order chi connectivity index (χ1) is 19.7. The first kappa shape index (κ1) is 29.8. The molecule has 9 atom stereocenters. The number of ketones is 2. The summed E-state index contributed by atoms with van der Waals surface area (Å²) < 4.78 is 5.16. The van der Waals surface area contributed by atoms with Gasteiger partial charge in [0, 0.05) is 23.3 Å². The van der Waals surface area contributed by atoms with Crippen molar-refractivity contribution in [1.29, 1.82) is 0 Å². The highest BCUT2D eigenvalue weighted by Crippen LogP contribution is 2.77.